The van der Waals surface area contributed by atoms with E-state index in [-0.39, 0.29) is 6.54 Å². The molecule has 0 aliphatic carbocycles. The van der Waals surface area contributed by atoms with Gasteiger partial charge in [-0.25, -0.2) is 14.6 Å². The van der Waals surface area contributed by atoms with Crippen molar-refractivity contribution in [2.45, 2.75) is 25.9 Å². The van der Waals surface area contributed by atoms with E-state index >= 15 is 0 Å². The van der Waals surface area contributed by atoms with E-state index in [4.69, 9.17) is 10.8 Å². The topological polar surface area (TPSA) is 134 Å². The van der Waals surface area contributed by atoms with Crippen molar-refractivity contribution in [3.8, 4) is 0 Å². The summed E-state index contributed by atoms with van der Waals surface area (Å²) in [5, 5.41) is 14.1. The number of urea groups is 1. The third-order valence-corrected chi connectivity index (χ3v) is 2.99. The first-order chi connectivity index (χ1) is 8.88. The number of rotatable bonds is 6. The smallest absolute Gasteiger partial charge is 0.326 e. The number of hydrogen-bond donors (Lipinski definition) is 4. The summed E-state index contributed by atoms with van der Waals surface area (Å²) in [5.74, 6) is -2.12. The second-order valence-electron chi connectivity index (χ2n) is 3.75. The van der Waals surface area contributed by atoms with Gasteiger partial charge in [-0.05, 0) is 6.92 Å². The van der Waals surface area contributed by atoms with E-state index in [2.05, 4.69) is 15.6 Å². The fraction of sp³-hybridized carbons (Fsp3) is 0.400. The molecule has 0 saturated carbocycles. The highest BCUT2D eigenvalue weighted by atomic mass is 32.1. The minimum Gasteiger partial charge on any atom is -0.480 e. The molecule has 0 bridgehead atoms. The number of amides is 3. The zero-order valence-electron chi connectivity index (χ0n) is 10.2. The molecule has 5 N–H and O–H groups in total. The number of nitrogens with one attached hydrogen (secondary N) is 2. The van der Waals surface area contributed by atoms with Gasteiger partial charge in [0.15, 0.2) is 0 Å². The van der Waals surface area contributed by atoms with Crippen molar-refractivity contribution in [2.75, 3.05) is 0 Å². The number of carboxylic acid groups (broad SMARTS) is 1. The van der Waals surface area contributed by atoms with Gasteiger partial charge in [-0.1, -0.05) is 0 Å². The summed E-state index contributed by atoms with van der Waals surface area (Å²) < 4.78 is 0. The number of nitrogens with two attached hydrogens (primary N) is 1. The molecule has 0 aliphatic heterocycles. The predicted octanol–water partition coefficient (Wildman–Crippen LogP) is -0.421. The number of aromatic nitrogens is 1. The Balaban J connectivity index is 2.44. The average molecular weight is 286 g/mol. The Labute approximate surface area is 113 Å². The van der Waals surface area contributed by atoms with Crippen LogP contribution in [-0.2, 0) is 16.1 Å². The number of hydrogen-bond acceptors (Lipinski definition) is 5. The lowest BCUT2D eigenvalue weighted by Gasteiger charge is -2.13. The molecule has 1 aromatic heterocycles. The molecule has 104 valence electrons. The van der Waals surface area contributed by atoms with Crippen molar-refractivity contribution in [2.24, 2.45) is 5.73 Å². The van der Waals surface area contributed by atoms with Crippen LogP contribution in [0, 0.1) is 6.92 Å². The van der Waals surface area contributed by atoms with Gasteiger partial charge in [-0.3, -0.25) is 4.79 Å². The number of nitrogens with zero attached hydrogens (tertiary/aromatic N) is 1. The summed E-state index contributed by atoms with van der Waals surface area (Å²) in [5.41, 5.74) is 4.89. The zero-order valence-corrected chi connectivity index (χ0v) is 11.0. The molecule has 0 aromatic carbocycles. The van der Waals surface area contributed by atoms with Crippen LogP contribution >= 0.6 is 11.3 Å². The maximum absolute atomic E-state index is 11.5. The van der Waals surface area contributed by atoms with Crippen LogP contribution < -0.4 is 16.4 Å². The molecule has 0 spiro atoms. The summed E-state index contributed by atoms with van der Waals surface area (Å²) in [7, 11) is 0. The highest BCUT2D eigenvalue weighted by Crippen LogP contribution is 2.10. The minimum atomic E-state index is -1.34. The molecular weight excluding hydrogens is 272 g/mol. The van der Waals surface area contributed by atoms with E-state index in [1.54, 1.807) is 6.20 Å². The van der Waals surface area contributed by atoms with Crippen LogP contribution in [0.5, 0.6) is 0 Å². The highest BCUT2D eigenvalue weighted by Gasteiger charge is 2.21. The Morgan fingerprint density at radius 3 is 2.68 bits per heavy atom. The van der Waals surface area contributed by atoms with Gasteiger partial charge in [0.25, 0.3) is 0 Å². The number of aryl methyl sites for hydroxylation is 1. The van der Waals surface area contributed by atoms with Crippen molar-refractivity contribution < 1.29 is 19.5 Å². The molecule has 1 rings (SSSR count). The van der Waals surface area contributed by atoms with Crippen LogP contribution in [0.15, 0.2) is 6.20 Å². The van der Waals surface area contributed by atoms with Crippen LogP contribution in [0.4, 0.5) is 4.79 Å². The molecule has 0 saturated heterocycles. The molecule has 0 aliphatic rings. The van der Waals surface area contributed by atoms with Crippen LogP contribution in [0.3, 0.4) is 0 Å². The molecule has 0 unspecified atom stereocenters. The third kappa shape index (κ3) is 5.34. The van der Waals surface area contributed by atoms with Crippen molar-refractivity contribution in [1.82, 2.24) is 15.6 Å². The number of thiazole rings is 1. The molecule has 9 heteroatoms. The van der Waals surface area contributed by atoms with E-state index in [1.807, 2.05) is 6.92 Å². The molecule has 8 nitrogen and oxygen atoms in total. The normalized spacial score (nSPS) is 11.6. The first-order valence-electron chi connectivity index (χ1n) is 5.35. The molecule has 0 fully saturated rings. The Morgan fingerprint density at radius 2 is 2.21 bits per heavy atom. The molecule has 1 heterocycles. The summed E-state index contributed by atoms with van der Waals surface area (Å²) in [6.07, 6.45) is 1.21. The third-order valence-electron chi connectivity index (χ3n) is 2.08. The summed E-state index contributed by atoms with van der Waals surface area (Å²) in [4.78, 5) is 37.9. The predicted molar refractivity (Wildman–Crippen MR) is 67.5 cm³/mol. The maximum atomic E-state index is 11.5. The molecule has 1 atom stereocenters. The van der Waals surface area contributed by atoms with Crippen molar-refractivity contribution in [3.63, 3.8) is 0 Å². The second-order valence-corrected chi connectivity index (χ2v) is 5.07. The van der Waals surface area contributed by atoms with Gasteiger partial charge >= 0.3 is 12.0 Å². The van der Waals surface area contributed by atoms with Gasteiger partial charge in [-0.2, -0.15) is 0 Å². The standard InChI is InChI=1S/C10H14N4O4S/c1-5-3-12-8(19-5)4-13-10(18)14-6(9(16)17)2-7(11)15/h3,6H,2,4H2,1H3,(H2,11,15)(H,16,17)(H2,13,14,18)/t6-/m0/s1. The maximum Gasteiger partial charge on any atom is 0.326 e. The van der Waals surface area contributed by atoms with Gasteiger partial charge < -0.3 is 21.5 Å². The number of carbonyl (C=O) groups excluding carboxylic acids is 2. The van der Waals surface area contributed by atoms with E-state index in [9.17, 15) is 14.4 Å². The zero-order chi connectivity index (χ0) is 14.4. The molecule has 1 aromatic rings. The highest BCUT2D eigenvalue weighted by molar-refractivity contribution is 7.11. The van der Waals surface area contributed by atoms with E-state index in [0.717, 1.165) is 4.88 Å². The van der Waals surface area contributed by atoms with Crippen LogP contribution in [0.25, 0.3) is 0 Å². The van der Waals surface area contributed by atoms with Crippen LogP contribution in [0.2, 0.25) is 0 Å². The quantitative estimate of drug-likeness (QED) is 0.563. The Hall–Kier alpha value is -2.16. The lowest BCUT2D eigenvalue weighted by molar-refractivity contribution is -0.140. The molecule has 19 heavy (non-hydrogen) atoms. The Kier molecular flexibility index (Phi) is 5.24. The van der Waals surface area contributed by atoms with E-state index < -0.39 is 30.4 Å². The fourth-order valence-electron chi connectivity index (χ4n) is 1.25. The lowest BCUT2D eigenvalue weighted by Crippen LogP contribution is -2.47. The van der Waals surface area contributed by atoms with Crippen molar-refractivity contribution >= 4 is 29.2 Å². The number of primary amides is 1. The van der Waals surface area contributed by atoms with Crippen molar-refractivity contribution in [3.05, 3.63) is 16.1 Å². The first kappa shape index (κ1) is 14.9. The Bertz CT molecular complexity index is 488. The van der Waals surface area contributed by atoms with E-state index in [1.165, 1.54) is 11.3 Å². The second kappa shape index (κ2) is 6.69. The molecule has 3 amide bonds. The fourth-order valence-corrected chi connectivity index (χ4v) is 1.98. The Morgan fingerprint density at radius 1 is 1.53 bits per heavy atom. The first-order valence-corrected chi connectivity index (χ1v) is 6.17. The SMILES string of the molecule is Cc1cnc(CNC(=O)N[C@@H](CC(N)=O)C(=O)O)s1. The van der Waals surface area contributed by atoms with Gasteiger partial charge in [0.2, 0.25) is 5.91 Å². The van der Waals surface area contributed by atoms with Gasteiger partial charge in [0, 0.05) is 11.1 Å². The van der Waals surface area contributed by atoms with E-state index in [0.29, 0.717) is 5.01 Å². The number of carbonyl (C=O) groups is 3. The average Bonchev–Trinajstić information content (AvgIpc) is 2.71. The van der Waals surface area contributed by atoms with Crippen LogP contribution in [-0.4, -0.2) is 34.0 Å². The summed E-state index contributed by atoms with van der Waals surface area (Å²) in [6, 6.07) is -2.03. The van der Waals surface area contributed by atoms with Gasteiger partial charge in [0.05, 0.1) is 13.0 Å². The lowest BCUT2D eigenvalue weighted by atomic mass is 10.2. The summed E-state index contributed by atoms with van der Waals surface area (Å²) in [6.45, 7) is 2.07. The molecular formula is C10H14N4O4S. The number of carboxylic acids is 1. The minimum absolute atomic E-state index is 0.188. The number of aliphatic carboxylic acids is 1. The van der Waals surface area contributed by atoms with Crippen LogP contribution in [0.1, 0.15) is 16.3 Å². The monoisotopic (exact) mass is 286 g/mol. The molecule has 0 radical (unpaired) electrons. The van der Waals surface area contributed by atoms with Gasteiger partial charge in [-0.15, -0.1) is 11.3 Å². The van der Waals surface area contributed by atoms with Crippen molar-refractivity contribution in [1.29, 1.82) is 0 Å². The summed E-state index contributed by atoms with van der Waals surface area (Å²) >= 11 is 1.42. The van der Waals surface area contributed by atoms with Gasteiger partial charge in [0.1, 0.15) is 11.0 Å². The largest absolute Gasteiger partial charge is 0.480 e.